The summed E-state index contributed by atoms with van der Waals surface area (Å²) in [5.41, 5.74) is 6.53. The first-order chi connectivity index (χ1) is 24.8. The van der Waals surface area contributed by atoms with Crippen LogP contribution in [0.2, 0.25) is 10.0 Å². The molecule has 11 nitrogen and oxygen atoms in total. The Morgan fingerprint density at radius 1 is 0.824 bits per heavy atom. The molecule has 0 aliphatic carbocycles. The van der Waals surface area contributed by atoms with Crippen molar-refractivity contribution in [2.24, 2.45) is 0 Å². The number of ether oxygens (including phenoxy) is 1. The summed E-state index contributed by atoms with van der Waals surface area (Å²) < 4.78 is 5.64. The lowest BCUT2D eigenvalue weighted by atomic mass is 9.97. The molecule has 2 atom stereocenters. The molecule has 7 rings (SSSR count). The van der Waals surface area contributed by atoms with E-state index in [9.17, 15) is 14.4 Å². The molecular weight excluding hydrogens is 689 g/mol. The molecule has 2 unspecified atom stereocenters. The van der Waals surface area contributed by atoms with Gasteiger partial charge in [0, 0.05) is 109 Å². The maximum atomic E-state index is 13.4. The summed E-state index contributed by atoms with van der Waals surface area (Å²) in [7, 11) is 1.59. The Hall–Kier alpha value is -4.55. The number of carbonyl (C=O) groups excluding carboxylic acids is 3. The van der Waals surface area contributed by atoms with Crippen LogP contribution >= 0.6 is 23.2 Å². The fourth-order valence-electron chi connectivity index (χ4n) is 6.92. The van der Waals surface area contributed by atoms with E-state index in [-0.39, 0.29) is 29.8 Å². The standard InChI is InChI=1S/C38H39Cl2N7O4/c1-51-37-22(17-42-20-25-10-13-34(49)45-25)8-11-31(46-37)28-6-2-4-26(35(28)39)27-5-3-7-29(36(27)40)32-16-30-23(18-43-32)21-47(38(30)50)15-14-41-19-24-9-12-33(48)44-24/h2-8,11,16,18,24-25,41-42H,9-10,12-15,17,19-21H2,1H3,(H,44,48)(H,45,49). The van der Waals surface area contributed by atoms with E-state index < -0.39 is 0 Å². The zero-order chi connectivity index (χ0) is 35.5. The van der Waals surface area contributed by atoms with Crippen LogP contribution in [0.5, 0.6) is 5.88 Å². The topological polar surface area (TPSA) is 138 Å². The van der Waals surface area contributed by atoms with Gasteiger partial charge in [0.2, 0.25) is 17.7 Å². The Balaban J connectivity index is 1.06. The molecule has 2 saturated heterocycles. The number of halogens is 2. The van der Waals surface area contributed by atoms with Gasteiger partial charge in [-0.3, -0.25) is 19.4 Å². The van der Waals surface area contributed by atoms with Crippen molar-refractivity contribution in [3.05, 3.63) is 87.5 Å². The lowest BCUT2D eigenvalue weighted by Gasteiger charge is -2.17. The van der Waals surface area contributed by atoms with Crippen LogP contribution in [0.15, 0.2) is 60.8 Å². The molecule has 0 radical (unpaired) electrons. The molecule has 0 spiro atoms. The normalized spacial score (nSPS) is 18.3. The number of rotatable bonds is 13. The Bertz CT molecular complexity index is 1990. The van der Waals surface area contributed by atoms with E-state index in [0.29, 0.717) is 90.6 Å². The van der Waals surface area contributed by atoms with Crippen molar-refractivity contribution in [3.63, 3.8) is 0 Å². The van der Waals surface area contributed by atoms with Gasteiger partial charge < -0.3 is 30.9 Å². The lowest BCUT2D eigenvalue weighted by molar-refractivity contribution is -0.120. The van der Waals surface area contributed by atoms with Crippen LogP contribution < -0.4 is 26.0 Å². The van der Waals surface area contributed by atoms with Gasteiger partial charge in [-0.15, -0.1) is 0 Å². The number of fused-ring (bicyclic) bond motifs is 1. The van der Waals surface area contributed by atoms with Crippen molar-refractivity contribution in [1.82, 2.24) is 36.1 Å². The SMILES string of the molecule is COc1nc(-c2cccc(-c3cccc(-c4cc5c(cn4)CN(CCNCC4CCC(=O)N4)C5=O)c3Cl)c2Cl)ccc1CNCC1CCC(=O)N1. The van der Waals surface area contributed by atoms with Gasteiger partial charge in [0.15, 0.2) is 0 Å². The van der Waals surface area contributed by atoms with Crippen molar-refractivity contribution in [3.8, 4) is 39.5 Å². The highest BCUT2D eigenvalue weighted by Gasteiger charge is 2.29. The van der Waals surface area contributed by atoms with Crippen molar-refractivity contribution in [2.45, 2.75) is 50.9 Å². The Morgan fingerprint density at radius 3 is 2.08 bits per heavy atom. The molecule has 3 aliphatic rings. The fourth-order valence-corrected chi connectivity index (χ4v) is 7.57. The quantitative estimate of drug-likeness (QED) is 0.142. The highest BCUT2D eigenvalue weighted by atomic mass is 35.5. The number of hydrogen-bond acceptors (Lipinski definition) is 8. The van der Waals surface area contributed by atoms with Crippen LogP contribution in [0.1, 0.15) is 47.2 Å². The van der Waals surface area contributed by atoms with E-state index >= 15 is 0 Å². The molecule has 4 aromatic rings. The van der Waals surface area contributed by atoms with Gasteiger partial charge in [0.1, 0.15) is 0 Å². The molecule has 4 N–H and O–H groups in total. The van der Waals surface area contributed by atoms with Gasteiger partial charge >= 0.3 is 0 Å². The number of aromatic nitrogens is 2. The first kappa shape index (κ1) is 34.9. The number of pyridine rings is 2. The zero-order valence-corrected chi connectivity index (χ0v) is 29.7. The Labute approximate surface area is 306 Å². The van der Waals surface area contributed by atoms with E-state index in [1.807, 2.05) is 59.5 Å². The van der Waals surface area contributed by atoms with Crippen molar-refractivity contribution in [2.75, 3.05) is 33.3 Å². The molecule has 0 bridgehead atoms. The van der Waals surface area contributed by atoms with Gasteiger partial charge in [-0.2, -0.15) is 0 Å². The second-order valence-corrected chi connectivity index (χ2v) is 13.8. The third-order valence-corrected chi connectivity index (χ3v) is 10.5. The summed E-state index contributed by atoms with van der Waals surface area (Å²) in [5, 5.41) is 13.6. The molecule has 2 aromatic heterocycles. The van der Waals surface area contributed by atoms with Gasteiger partial charge in [0.25, 0.3) is 5.91 Å². The number of amides is 3. The molecule has 3 aliphatic heterocycles. The molecule has 51 heavy (non-hydrogen) atoms. The average Bonchev–Trinajstić information content (AvgIpc) is 3.84. The highest BCUT2D eigenvalue weighted by Crippen LogP contribution is 2.42. The summed E-state index contributed by atoms with van der Waals surface area (Å²) >= 11 is 14.2. The number of hydrogen-bond donors (Lipinski definition) is 4. The summed E-state index contributed by atoms with van der Waals surface area (Å²) in [4.78, 5) is 47.6. The van der Waals surface area contributed by atoms with E-state index in [1.165, 1.54) is 0 Å². The molecule has 3 amide bonds. The van der Waals surface area contributed by atoms with E-state index in [1.54, 1.807) is 13.3 Å². The first-order valence-electron chi connectivity index (χ1n) is 17.2. The van der Waals surface area contributed by atoms with Crippen LogP contribution in [-0.4, -0.2) is 78.0 Å². The first-order valence-corrected chi connectivity index (χ1v) is 17.9. The van der Waals surface area contributed by atoms with Crippen LogP contribution in [0, 0.1) is 0 Å². The number of carbonyl (C=O) groups is 3. The minimum atomic E-state index is -0.0420. The molecule has 2 aromatic carbocycles. The smallest absolute Gasteiger partial charge is 0.254 e. The number of nitrogens with zero attached hydrogens (tertiary/aromatic N) is 3. The maximum absolute atomic E-state index is 13.4. The third-order valence-electron chi connectivity index (χ3n) is 9.66. The number of methoxy groups -OCH3 is 1. The largest absolute Gasteiger partial charge is 0.481 e. The van der Waals surface area contributed by atoms with Crippen molar-refractivity contribution < 1.29 is 19.1 Å². The van der Waals surface area contributed by atoms with Crippen molar-refractivity contribution >= 4 is 40.9 Å². The second-order valence-electron chi connectivity index (χ2n) is 13.1. The number of nitrogens with one attached hydrogen (secondary N) is 4. The van der Waals surface area contributed by atoms with Crippen LogP contribution in [0.3, 0.4) is 0 Å². The molecule has 0 saturated carbocycles. The van der Waals surface area contributed by atoms with Crippen LogP contribution in [-0.2, 0) is 22.7 Å². The Kier molecular flexibility index (Phi) is 10.5. The van der Waals surface area contributed by atoms with Crippen LogP contribution in [0.4, 0.5) is 0 Å². The minimum Gasteiger partial charge on any atom is -0.481 e. The minimum absolute atomic E-state index is 0.0420. The summed E-state index contributed by atoms with van der Waals surface area (Å²) in [5.74, 6) is 0.633. The summed E-state index contributed by atoms with van der Waals surface area (Å²) in [6.07, 6.45) is 4.55. The van der Waals surface area contributed by atoms with Crippen LogP contribution in [0.25, 0.3) is 33.6 Å². The van der Waals surface area contributed by atoms with Gasteiger partial charge in [-0.05, 0) is 25.0 Å². The summed E-state index contributed by atoms with van der Waals surface area (Å²) in [6.45, 7) is 3.58. The predicted molar refractivity (Wildman–Crippen MR) is 197 cm³/mol. The van der Waals surface area contributed by atoms with E-state index in [2.05, 4.69) is 21.3 Å². The zero-order valence-electron chi connectivity index (χ0n) is 28.2. The molecular formula is C38H39Cl2N7O4. The molecule has 2 fully saturated rings. The number of benzene rings is 2. The third kappa shape index (κ3) is 7.57. The second kappa shape index (κ2) is 15.4. The van der Waals surface area contributed by atoms with E-state index in [0.717, 1.165) is 40.7 Å². The van der Waals surface area contributed by atoms with Gasteiger partial charge in [0.05, 0.1) is 28.5 Å². The highest BCUT2D eigenvalue weighted by molar-refractivity contribution is 6.39. The van der Waals surface area contributed by atoms with Gasteiger partial charge in [-0.1, -0.05) is 65.7 Å². The fraction of sp³-hybridized carbons (Fsp3) is 0.342. The molecule has 5 heterocycles. The van der Waals surface area contributed by atoms with Crippen molar-refractivity contribution in [1.29, 1.82) is 0 Å². The average molecular weight is 729 g/mol. The molecule has 13 heteroatoms. The monoisotopic (exact) mass is 727 g/mol. The summed E-state index contributed by atoms with van der Waals surface area (Å²) in [6, 6.07) is 17.4. The maximum Gasteiger partial charge on any atom is 0.254 e. The predicted octanol–water partition coefficient (Wildman–Crippen LogP) is 4.99. The van der Waals surface area contributed by atoms with E-state index in [4.69, 9.17) is 37.9 Å². The van der Waals surface area contributed by atoms with Gasteiger partial charge in [-0.25, -0.2) is 4.98 Å². The lowest BCUT2D eigenvalue weighted by Crippen LogP contribution is -2.39. The Morgan fingerprint density at radius 2 is 1.45 bits per heavy atom. The molecule has 264 valence electrons.